The molecule has 0 saturated heterocycles. The number of phenolic OH excluding ortho intramolecular Hbond substituents is 2. The zero-order valence-corrected chi connectivity index (χ0v) is 16.1. The Bertz CT molecular complexity index is 1270. The summed E-state index contributed by atoms with van der Waals surface area (Å²) >= 11 is 0. The van der Waals surface area contributed by atoms with Crippen LogP contribution in [0, 0.1) is 0 Å². The number of aromatic nitrogens is 2. The summed E-state index contributed by atoms with van der Waals surface area (Å²) in [5, 5.41) is 24.4. The van der Waals surface area contributed by atoms with Crippen molar-refractivity contribution in [2.75, 3.05) is 0 Å². The zero-order chi connectivity index (χ0) is 21.1. The van der Waals surface area contributed by atoms with Crippen LogP contribution in [0.4, 0.5) is 0 Å². The van der Waals surface area contributed by atoms with Gasteiger partial charge in [-0.05, 0) is 49.4 Å². The summed E-state index contributed by atoms with van der Waals surface area (Å²) in [6.45, 7) is 1.63. The van der Waals surface area contributed by atoms with Crippen LogP contribution in [0.2, 0.25) is 0 Å². The van der Waals surface area contributed by atoms with E-state index in [0.717, 1.165) is 5.56 Å². The molecule has 148 valence electrons. The highest BCUT2D eigenvalue weighted by atomic mass is 16.3. The van der Waals surface area contributed by atoms with E-state index >= 15 is 0 Å². The first-order chi connectivity index (χ1) is 14.5. The molecule has 1 amide bonds. The van der Waals surface area contributed by atoms with Crippen LogP contribution in [0.1, 0.15) is 22.8 Å². The number of carbonyl (C=O) groups is 1. The molecule has 2 aromatic heterocycles. The Balaban J connectivity index is 1.71. The first kappa shape index (κ1) is 19.1. The third kappa shape index (κ3) is 3.81. The summed E-state index contributed by atoms with van der Waals surface area (Å²) in [4.78, 5) is 21.6. The molecule has 2 aromatic carbocycles. The molecule has 0 aliphatic heterocycles. The number of phenols is 2. The minimum atomic E-state index is -0.414. The second kappa shape index (κ2) is 8.00. The summed E-state index contributed by atoms with van der Waals surface area (Å²) in [5.74, 6) is -0.466. The van der Waals surface area contributed by atoms with Crippen molar-refractivity contribution in [2.45, 2.75) is 6.92 Å². The van der Waals surface area contributed by atoms with E-state index in [2.05, 4.69) is 20.5 Å². The molecule has 30 heavy (non-hydrogen) atoms. The van der Waals surface area contributed by atoms with Crippen LogP contribution >= 0.6 is 0 Å². The topological polar surface area (TPSA) is 108 Å². The van der Waals surface area contributed by atoms with Crippen molar-refractivity contribution < 1.29 is 15.0 Å². The van der Waals surface area contributed by atoms with Crippen LogP contribution in [0.5, 0.6) is 11.5 Å². The maximum absolute atomic E-state index is 13.0. The number of rotatable bonds is 4. The third-order valence-corrected chi connectivity index (χ3v) is 4.63. The quantitative estimate of drug-likeness (QED) is 0.275. The Labute approximate surface area is 172 Å². The number of fused-ring (bicyclic) bond motifs is 1. The fourth-order valence-corrected chi connectivity index (χ4v) is 3.10. The number of amides is 1. The Morgan fingerprint density at radius 1 is 0.967 bits per heavy atom. The summed E-state index contributed by atoms with van der Waals surface area (Å²) in [6.07, 6.45) is 3.34. The lowest BCUT2D eigenvalue weighted by molar-refractivity contribution is 0.0956. The van der Waals surface area contributed by atoms with Crippen molar-refractivity contribution >= 4 is 22.5 Å². The molecular weight excluding hydrogens is 380 g/mol. The van der Waals surface area contributed by atoms with E-state index in [9.17, 15) is 15.0 Å². The van der Waals surface area contributed by atoms with Gasteiger partial charge in [-0.15, -0.1) is 0 Å². The predicted octanol–water partition coefficient (Wildman–Crippen LogP) is 3.86. The van der Waals surface area contributed by atoms with Crippen LogP contribution < -0.4 is 5.43 Å². The van der Waals surface area contributed by atoms with Gasteiger partial charge in [0.25, 0.3) is 5.91 Å². The van der Waals surface area contributed by atoms with Crippen molar-refractivity contribution in [3.63, 3.8) is 0 Å². The van der Waals surface area contributed by atoms with Crippen molar-refractivity contribution in [2.24, 2.45) is 5.10 Å². The van der Waals surface area contributed by atoms with Gasteiger partial charge in [-0.3, -0.25) is 9.78 Å². The minimum absolute atomic E-state index is 0.00852. The molecule has 4 rings (SSSR count). The van der Waals surface area contributed by atoms with E-state index in [1.165, 1.54) is 18.2 Å². The SMILES string of the molecule is CC(=NNC(=O)c1cc(-c2ccncc2)nc2ccccc12)c1cc(O)ccc1O. The highest BCUT2D eigenvalue weighted by molar-refractivity contribution is 6.08. The van der Waals surface area contributed by atoms with Crippen molar-refractivity contribution in [3.05, 3.63) is 84.2 Å². The van der Waals surface area contributed by atoms with Crippen LogP contribution in [-0.4, -0.2) is 31.8 Å². The third-order valence-electron chi connectivity index (χ3n) is 4.63. The Kier molecular flexibility index (Phi) is 5.09. The highest BCUT2D eigenvalue weighted by Crippen LogP contribution is 2.25. The molecule has 2 heterocycles. The van der Waals surface area contributed by atoms with Gasteiger partial charge in [-0.1, -0.05) is 18.2 Å². The highest BCUT2D eigenvalue weighted by Gasteiger charge is 2.14. The summed E-state index contributed by atoms with van der Waals surface area (Å²) in [6, 6.07) is 16.8. The van der Waals surface area contributed by atoms with Crippen LogP contribution in [0.15, 0.2) is 78.2 Å². The number of para-hydroxylation sites is 1. The van der Waals surface area contributed by atoms with Gasteiger partial charge < -0.3 is 10.2 Å². The molecule has 0 radical (unpaired) electrons. The molecule has 0 bridgehead atoms. The Morgan fingerprint density at radius 3 is 2.53 bits per heavy atom. The van der Waals surface area contributed by atoms with Crippen LogP contribution in [0.25, 0.3) is 22.2 Å². The van der Waals surface area contributed by atoms with E-state index in [1.54, 1.807) is 25.4 Å². The normalized spacial score (nSPS) is 11.4. The van der Waals surface area contributed by atoms with Gasteiger partial charge in [0.15, 0.2) is 0 Å². The molecule has 7 nitrogen and oxygen atoms in total. The number of aromatic hydroxyl groups is 2. The Morgan fingerprint density at radius 2 is 1.73 bits per heavy atom. The number of nitrogens with one attached hydrogen (secondary N) is 1. The number of hydrogen-bond donors (Lipinski definition) is 3. The van der Waals surface area contributed by atoms with E-state index < -0.39 is 5.91 Å². The van der Waals surface area contributed by atoms with Gasteiger partial charge in [-0.2, -0.15) is 5.10 Å². The molecule has 0 spiro atoms. The molecule has 0 aliphatic rings. The van der Waals surface area contributed by atoms with E-state index in [0.29, 0.717) is 33.4 Å². The number of hydrazone groups is 1. The fourth-order valence-electron chi connectivity index (χ4n) is 3.10. The lowest BCUT2D eigenvalue weighted by Gasteiger charge is -2.10. The van der Waals surface area contributed by atoms with Crippen molar-refractivity contribution in [3.8, 4) is 22.8 Å². The molecule has 7 heteroatoms. The van der Waals surface area contributed by atoms with Gasteiger partial charge in [0, 0.05) is 28.9 Å². The molecule has 0 atom stereocenters. The maximum atomic E-state index is 13.0. The summed E-state index contributed by atoms with van der Waals surface area (Å²) in [7, 11) is 0. The lowest BCUT2D eigenvalue weighted by Crippen LogP contribution is -2.20. The molecule has 0 fully saturated rings. The van der Waals surface area contributed by atoms with Crippen molar-refractivity contribution in [1.29, 1.82) is 0 Å². The van der Waals surface area contributed by atoms with Crippen LogP contribution in [-0.2, 0) is 0 Å². The summed E-state index contributed by atoms with van der Waals surface area (Å²) < 4.78 is 0. The fraction of sp³-hybridized carbons (Fsp3) is 0.0435. The number of hydrogen-bond acceptors (Lipinski definition) is 6. The smallest absolute Gasteiger partial charge is 0.272 e. The standard InChI is InChI=1S/C23H18N4O3/c1-14(18-12-16(28)6-7-22(18)29)26-27-23(30)19-13-21(15-8-10-24-11-9-15)25-20-5-3-2-4-17(19)20/h2-13,28-29H,1H3,(H,27,30). The number of carbonyl (C=O) groups excluding carboxylic acids is 1. The molecule has 0 saturated carbocycles. The molecule has 3 N–H and O–H groups in total. The molecule has 0 unspecified atom stereocenters. The van der Waals surface area contributed by atoms with E-state index in [4.69, 9.17) is 0 Å². The number of benzene rings is 2. The Hall–Kier alpha value is -4.26. The van der Waals surface area contributed by atoms with Crippen LogP contribution in [0.3, 0.4) is 0 Å². The first-order valence-electron chi connectivity index (χ1n) is 9.20. The van der Waals surface area contributed by atoms with Gasteiger partial charge >= 0.3 is 0 Å². The minimum Gasteiger partial charge on any atom is -0.508 e. The second-order valence-electron chi connectivity index (χ2n) is 6.65. The average molecular weight is 398 g/mol. The number of nitrogens with zero attached hydrogens (tertiary/aromatic N) is 3. The van der Waals surface area contributed by atoms with E-state index in [1.807, 2.05) is 36.4 Å². The zero-order valence-electron chi connectivity index (χ0n) is 16.1. The maximum Gasteiger partial charge on any atom is 0.272 e. The van der Waals surface area contributed by atoms with Gasteiger partial charge in [0.2, 0.25) is 0 Å². The molecule has 0 aliphatic carbocycles. The van der Waals surface area contributed by atoms with Gasteiger partial charge in [0.1, 0.15) is 11.5 Å². The largest absolute Gasteiger partial charge is 0.508 e. The molecular formula is C23H18N4O3. The number of pyridine rings is 2. The monoisotopic (exact) mass is 398 g/mol. The van der Waals surface area contributed by atoms with Gasteiger partial charge in [0.05, 0.1) is 22.5 Å². The second-order valence-corrected chi connectivity index (χ2v) is 6.65. The van der Waals surface area contributed by atoms with Crippen molar-refractivity contribution in [1.82, 2.24) is 15.4 Å². The molecule has 4 aromatic rings. The lowest BCUT2D eigenvalue weighted by atomic mass is 10.0. The first-order valence-corrected chi connectivity index (χ1v) is 9.20. The van der Waals surface area contributed by atoms with E-state index in [-0.39, 0.29) is 11.5 Å². The predicted molar refractivity (Wildman–Crippen MR) is 114 cm³/mol. The average Bonchev–Trinajstić information content (AvgIpc) is 2.78. The summed E-state index contributed by atoms with van der Waals surface area (Å²) in [5.41, 5.74) is 5.80. The van der Waals surface area contributed by atoms with Gasteiger partial charge in [-0.25, -0.2) is 10.4 Å².